The quantitative estimate of drug-likeness (QED) is 0.196. The number of hydrogen-bond donors (Lipinski definition) is 5. The summed E-state index contributed by atoms with van der Waals surface area (Å²) in [5.74, 6) is 1.83. The number of aromatic amines is 1. The number of H-pyrrole nitrogens is 1. The predicted molar refractivity (Wildman–Crippen MR) is 143 cm³/mol. The highest BCUT2D eigenvalue weighted by molar-refractivity contribution is 5.84. The molecule has 36 heavy (non-hydrogen) atoms. The summed E-state index contributed by atoms with van der Waals surface area (Å²) in [6, 6.07) is 19.6. The minimum absolute atomic E-state index is 0.00932. The summed E-state index contributed by atoms with van der Waals surface area (Å²) in [5, 5.41) is 13.4. The van der Waals surface area contributed by atoms with Crippen LogP contribution in [0, 0.1) is 0 Å². The zero-order chi connectivity index (χ0) is 25.2. The molecule has 0 fully saturated rings. The molecule has 9 nitrogen and oxygen atoms in total. The molecule has 0 bridgehead atoms. The van der Waals surface area contributed by atoms with Crippen LogP contribution in [0.15, 0.2) is 66.9 Å². The highest BCUT2D eigenvalue weighted by Gasteiger charge is 2.09. The number of rotatable bonds is 12. The minimum Gasteiger partial charge on any atom is -0.368 e. The molecule has 0 aliphatic heterocycles. The van der Waals surface area contributed by atoms with E-state index in [4.69, 9.17) is 0 Å². The largest absolute Gasteiger partial charge is 0.368 e. The number of hydrogen-bond acceptors (Lipinski definition) is 6. The highest BCUT2D eigenvalue weighted by atomic mass is 16.2. The van der Waals surface area contributed by atoms with E-state index < -0.39 is 0 Å². The first-order valence-electron chi connectivity index (χ1n) is 12.1. The molecule has 0 unspecified atom stereocenters. The van der Waals surface area contributed by atoms with Crippen molar-refractivity contribution in [3.05, 3.63) is 72.4 Å². The molecule has 0 aliphatic rings. The second-order valence-corrected chi connectivity index (χ2v) is 8.37. The van der Waals surface area contributed by atoms with Crippen molar-refractivity contribution in [1.82, 2.24) is 25.6 Å². The van der Waals surface area contributed by atoms with Crippen molar-refractivity contribution in [2.45, 2.75) is 19.8 Å². The van der Waals surface area contributed by atoms with Crippen molar-refractivity contribution in [3.63, 3.8) is 0 Å². The van der Waals surface area contributed by atoms with E-state index in [0.29, 0.717) is 56.5 Å². The van der Waals surface area contributed by atoms with Gasteiger partial charge in [-0.1, -0.05) is 48.5 Å². The van der Waals surface area contributed by atoms with E-state index in [2.05, 4.69) is 42.3 Å². The van der Waals surface area contributed by atoms with Crippen LogP contribution in [0.1, 0.15) is 18.9 Å². The van der Waals surface area contributed by atoms with Gasteiger partial charge in [-0.3, -0.25) is 9.59 Å². The number of amides is 2. The number of aromatic nitrogens is 3. The van der Waals surface area contributed by atoms with E-state index in [1.807, 2.05) is 60.8 Å². The number of nitrogens with one attached hydrogen (secondary N) is 5. The monoisotopic (exact) mass is 485 g/mol. The maximum Gasteiger partial charge on any atom is 0.220 e. The van der Waals surface area contributed by atoms with Crippen LogP contribution < -0.4 is 21.3 Å². The van der Waals surface area contributed by atoms with Crippen LogP contribution in [0.5, 0.6) is 0 Å². The molecule has 2 amide bonds. The molecule has 0 saturated heterocycles. The van der Waals surface area contributed by atoms with Crippen LogP contribution in [0.3, 0.4) is 0 Å². The number of aryl methyl sites for hydroxylation is 1. The van der Waals surface area contributed by atoms with Gasteiger partial charge in [0.05, 0.1) is 0 Å². The maximum absolute atomic E-state index is 12.4. The van der Waals surface area contributed by atoms with E-state index in [1.165, 1.54) is 6.92 Å². The fourth-order valence-corrected chi connectivity index (χ4v) is 3.84. The number of benzene rings is 2. The predicted octanol–water partition coefficient (Wildman–Crippen LogP) is 3.33. The van der Waals surface area contributed by atoms with Gasteiger partial charge in [0.15, 0.2) is 5.82 Å². The van der Waals surface area contributed by atoms with Gasteiger partial charge in [0, 0.05) is 68.3 Å². The van der Waals surface area contributed by atoms with Gasteiger partial charge in [-0.25, -0.2) is 9.97 Å². The standard InChI is InChI=1S/C27H31N7O2/c1-19(35)28-13-14-29-24-17-25(34-27(33-24)20-7-3-2-4-8-20)30-15-16-31-26(36)12-11-21-18-32-23-10-6-5-9-22(21)23/h2-10,17-18,32H,11-16H2,1H3,(H,28,35)(H,31,36)(H2,29,30,33,34). The van der Waals surface area contributed by atoms with E-state index >= 15 is 0 Å². The van der Waals surface area contributed by atoms with Crippen molar-refractivity contribution in [2.24, 2.45) is 0 Å². The molecule has 2 heterocycles. The first kappa shape index (κ1) is 24.7. The van der Waals surface area contributed by atoms with Gasteiger partial charge in [0.25, 0.3) is 0 Å². The number of anilines is 2. The average Bonchev–Trinajstić information content (AvgIpc) is 3.31. The van der Waals surface area contributed by atoms with Crippen molar-refractivity contribution in [2.75, 3.05) is 36.8 Å². The Morgan fingerprint density at radius 1 is 0.833 bits per heavy atom. The van der Waals surface area contributed by atoms with Gasteiger partial charge < -0.3 is 26.3 Å². The molecule has 186 valence electrons. The Hall–Kier alpha value is -4.40. The molecule has 2 aromatic heterocycles. The van der Waals surface area contributed by atoms with E-state index in [1.54, 1.807) is 0 Å². The Kier molecular flexibility index (Phi) is 8.48. The van der Waals surface area contributed by atoms with Gasteiger partial charge in [0.2, 0.25) is 11.8 Å². The summed E-state index contributed by atoms with van der Waals surface area (Å²) in [4.78, 5) is 35.9. The second-order valence-electron chi connectivity index (χ2n) is 8.37. The number of fused-ring (bicyclic) bond motifs is 1. The Labute approximate surface area is 210 Å². The van der Waals surface area contributed by atoms with Gasteiger partial charge in [-0.2, -0.15) is 0 Å². The molecule has 9 heteroatoms. The Bertz CT molecular complexity index is 1300. The molecule has 0 aliphatic carbocycles. The fourth-order valence-electron chi connectivity index (χ4n) is 3.84. The summed E-state index contributed by atoms with van der Waals surface area (Å²) in [5.41, 5.74) is 3.13. The Morgan fingerprint density at radius 3 is 2.22 bits per heavy atom. The molecular formula is C27H31N7O2. The number of carbonyl (C=O) groups is 2. The maximum atomic E-state index is 12.4. The van der Waals surface area contributed by atoms with Crippen LogP contribution in [-0.2, 0) is 16.0 Å². The SMILES string of the molecule is CC(=O)NCCNc1cc(NCCNC(=O)CCc2c[nH]c3ccccc23)nc(-c2ccccc2)n1. The molecule has 0 saturated carbocycles. The van der Waals surface area contributed by atoms with Gasteiger partial charge >= 0.3 is 0 Å². The number of carbonyl (C=O) groups excluding carboxylic acids is 2. The van der Waals surface area contributed by atoms with Crippen molar-refractivity contribution in [3.8, 4) is 11.4 Å². The molecule has 0 radical (unpaired) electrons. The summed E-state index contributed by atoms with van der Waals surface area (Å²) in [6.45, 7) is 3.52. The molecule has 0 spiro atoms. The van der Waals surface area contributed by atoms with Crippen molar-refractivity contribution >= 4 is 34.4 Å². The third-order valence-electron chi connectivity index (χ3n) is 5.61. The highest BCUT2D eigenvalue weighted by Crippen LogP contribution is 2.20. The molecule has 0 atom stereocenters. The average molecular weight is 486 g/mol. The molecule has 4 rings (SSSR count). The summed E-state index contributed by atoms with van der Waals surface area (Å²) in [7, 11) is 0. The Balaban J connectivity index is 1.29. The third kappa shape index (κ3) is 7.05. The van der Waals surface area contributed by atoms with Crippen molar-refractivity contribution < 1.29 is 9.59 Å². The topological polar surface area (TPSA) is 124 Å². The third-order valence-corrected chi connectivity index (χ3v) is 5.61. The lowest BCUT2D eigenvalue weighted by Gasteiger charge is -2.12. The summed E-state index contributed by atoms with van der Waals surface area (Å²) >= 11 is 0. The number of para-hydroxylation sites is 1. The normalized spacial score (nSPS) is 10.7. The lowest BCUT2D eigenvalue weighted by Crippen LogP contribution is -2.29. The zero-order valence-electron chi connectivity index (χ0n) is 20.3. The lowest BCUT2D eigenvalue weighted by molar-refractivity contribution is -0.121. The second kappa shape index (κ2) is 12.3. The number of nitrogens with zero attached hydrogens (tertiary/aromatic N) is 2. The molecule has 5 N–H and O–H groups in total. The fraction of sp³-hybridized carbons (Fsp3) is 0.259. The van der Waals surface area contributed by atoms with Crippen LogP contribution in [-0.4, -0.2) is 52.9 Å². The van der Waals surface area contributed by atoms with E-state index in [-0.39, 0.29) is 11.8 Å². The lowest BCUT2D eigenvalue weighted by atomic mass is 10.1. The van der Waals surface area contributed by atoms with Crippen LogP contribution >= 0.6 is 0 Å². The van der Waals surface area contributed by atoms with Crippen molar-refractivity contribution in [1.29, 1.82) is 0 Å². The van der Waals surface area contributed by atoms with Gasteiger partial charge in [0.1, 0.15) is 11.6 Å². The van der Waals surface area contributed by atoms with Crippen LogP contribution in [0.2, 0.25) is 0 Å². The zero-order valence-corrected chi connectivity index (χ0v) is 20.3. The van der Waals surface area contributed by atoms with Crippen LogP contribution in [0.25, 0.3) is 22.3 Å². The summed E-state index contributed by atoms with van der Waals surface area (Å²) in [6.07, 6.45) is 3.08. The van der Waals surface area contributed by atoms with Gasteiger partial charge in [-0.15, -0.1) is 0 Å². The van der Waals surface area contributed by atoms with E-state index in [9.17, 15) is 9.59 Å². The van der Waals surface area contributed by atoms with E-state index in [0.717, 1.165) is 22.0 Å². The summed E-state index contributed by atoms with van der Waals surface area (Å²) < 4.78 is 0. The van der Waals surface area contributed by atoms with Crippen LogP contribution in [0.4, 0.5) is 11.6 Å². The Morgan fingerprint density at radius 2 is 1.50 bits per heavy atom. The van der Waals surface area contributed by atoms with Gasteiger partial charge in [-0.05, 0) is 18.1 Å². The molecular weight excluding hydrogens is 454 g/mol. The molecule has 4 aromatic rings. The minimum atomic E-state index is -0.0738. The molecule has 2 aromatic carbocycles. The first-order chi connectivity index (χ1) is 17.6. The first-order valence-corrected chi connectivity index (χ1v) is 12.1. The smallest absolute Gasteiger partial charge is 0.220 e.